The topological polar surface area (TPSA) is 23.6 Å². The average molecular weight is 361 g/mol. The van der Waals surface area contributed by atoms with E-state index in [4.69, 9.17) is 0 Å². The number of hydrogen-bond acceptors (Lipinski definition) is 2. The van der Waals surface area contributed by atoms with Crippen molar-refractivity contribution in [1.82, 2.24) is 4.90 Å². The maximum atomic E-state index is 13.0. The number of para-hydroxylation sites is 1. The smallest absolute Gasteiger partial charge is 0.251 e. The molecule has 0 saturated carbocycles. The predicted molar refractivity (Wildman–Crippen MR) is 112 cm³/mol. The monoisotopic (exact) mass is 360 g/mol. The Labute approximate surface area is 162 Å². The summed E-state index contributed by atoms with van der Waals surface area (Å²) in [6, 6.07) is 20.6. The van der Waals surface area contributed by atoms with Gasteiger partial charge in [-0.15, -0.1) is 0 Å². The average Bonchev–Trinajstić information content (AvgIpc) is 3.08. The minimum absolute atomic E-state index is 0.160. The van der Waals surface area contributed by atoms with E-state index in [1.165, 1.54) is 5.56 Å². The van der Waals surface area contributed by atoms with Crippen molar-refractivity contribution in [1.29, 1.82) is 0 Å². The number of anilines is 1. The molecule has 0 atom stereocenters. The molecule has 140 valence electrons. The Morgan fingerprint density at radius 1 is 1.11 bits per heavy atom. The van der Waals surface area contributed by atoms with Gasteiger partial charge in [-0.25, -0.2) is 0 Å². The van der Waals surface area contributed by atoms with E-state index in [1.54, 1.807) is 0 Å². The van der Waals surface area contributed by atoms with E-state index in [2.05, 4.69) is 42.7 Å². The van der Waals surface area contributed by atoms with E-state index in [9.17, 15) is 4.79 Å². The van der Waals surface area contributed by atoms with Crippen LogP contribution in [-0.4, -0.2) is 23.9 Å². The molecule has 3 rings (SSSR count). The van der Waals surface area contributed by atoms with Crippen LogP contribution in [0.25, 0.3) is 0 Å². The Hall–Kier alpha value is -2.81. The van der Waals surface area contributed by atoms with Gasteiger partial charge in [0.1, 0.15) is 0 Å². The van der Waals surface area contributed by atoms with Crippen molar-refractivity contribution in [2.45, 2.75) is 32.7 Å². The molecule has 0 N–H and O–H groups in total. The first kappa shape index (κ1) is 19.0. The first-order valence-electron chi connectivity index (χ1n) is 9.76. The van der Waals surface area contributed by atoms with Gasteiger partial charge >= 0.3 is 0 Å². The fourth-order valence-electron chi connectivity index (χ4n) is 3.53. The predicted octanol–water partition coefficient (Wildman–Crippen LogP) is 5.17. The summed E-state index contributed by atoms with van der Waals surface area (Å²) in [4.78, 5) is 17.2. The summed E-state index contributed by atoms with van der Waals surface area (Å²) in [7, 11) is 0. The zero-order chi connectivity index (χ0) is 19.1. The van der Waals surface area contributed by atoms with Crippen molar-refractivity contribution < 1.29 is 4.79 Å². The van der Waals surface area contributed by atoms with Crippen LogP contribution in [0.2, 0.25) is 0 Å². The molecule has 1 amide bonds. The Balaban J connectivity index is 1.96. The number of carbonyl (C=O) groups is 1. The fraction of sp³-hybridized carbons (Fsp3) is 0.292. The molecule has 0 radical (unpaired) electrons. The molecule has 0 unspecified atom stereocenters. The maximum Gasteiger partial charge on any atom is 0.251 e. The largest absolute Gasteiger partial charge is 0.339 e. The van der Waals surface area contributed by atoms with Crippen LogP contribution >= 0.6 is 0 Å². The number of amides is 1. The second kappa shape index (κ2) is 9.22. The summed E-state index contributed by atoms with van der Waals surface area (Å²) in [5.41, 5.74) is 4.08. The van der Waals surface area contributed by atoms with Crippen LogP contribution in [-0.2, 0) is 11.3 Å². The number of unbranched alkanes of at least 4 members (excludes halogenated alkanes) is 1. The lowest BCUT2D eigenvalue weighted by atomic mass is 10.1. The standard InChI is InChI=1S/C24H28N2O/c1-3-5-17-25-18-16-22(24(25)27)23(4-2)26(21-14-10-7-11-15-21)19-20-12-8-6-9-13-20/h4,6-15H,2-3,5,16-19H2,1H3/b23-22+. The Morgan fingerprint density at radius 3 is 2.41 bits per heavy atom. The zero-order valence-electron chi connectivity index (χ0n) is 16.1. The van der Waals surface area contributed by atoms with E-state index in [-0.39, 0.29) is 5.91 Å². The number of hydrogen-bond donors (Lipinski definition) is 0. The van der Waals surface area contributed by atoms with Crippen molar-refractivity contribution in [2.24, 2.45) is 0 Å². The van der Waals surface area contributed by atoms with Gasteiger partial charge in [0.05, 0.1) is 0 Å². The molecule has 1 aliphatic heterocycles. The van der Waals surface area contributed by atoms with Gasteiger partial charge in [-0.3, -0.25) is 4.79 Å². The summed E-state index contributed by atoms with van der Waals surface area (Å²) in [6.45, 7) is 8.55. The number of likely N-dealkylation sites (tertiary alicyclic amines) is 1. The van der Waals surface area contributed by atoms with E-state index in [0.717, 1.165) is 49.3 Å². The molecule has 27 heavy (non-hydrogen) atoms. The lowest BCUT2D eigenvalue weighted by Gasteiger charge is -2.27. The first-order chi connectivity index (χ1) is 13.2. The van der Waals surface area contributed by atoms with Gasteiger partial charge in [-0.2, -0.15) is 0 Å². The highest BCUT2D eigenvalue weighted by atomic mass is 16.2. The van der Waals surface area contributed by atoms with Crippen LogP contribution in [0, 0.1) is 0 Å². The molecule has 0 spiro atoms. The molecular weight excluding hydrogens is 332 g/mol. The molecule has 3 heteroatoms. The van der Waals surface area contributed by atoms with Crippen molar-refractivity contribution in [3.05, 3.63) is 90.2 Å². The molecule has 1 fully saturated rings. The maximum absolute atomic E-state index is 13.0. The highest BCUT2D eigenvalue weighted by Crippen LogP contribution is 2.29. The second-order valence-electron chi connectivity index (χ2n) is 6.87. The quantitative estimate of drug-likeness (QED) is 0.607. The number of benzene rings is 2. The van der Waals surface area contributed by atoms with Crippen LogP contribution < -0.4 is 4.90 Å². The van der Waals surface area contributed by atoms with Crippen molar-refractivity contribution in [2.75, 3.05) is 18.0 Å². The third-order valence-electron chi connectivity index (χ3n) is 5.00. The van der Waals surface area contributed by atoms with Crippen LogP contribution in [0.4, 0.5) is 5.69 Å². The van der Waals surface area contributed by atoms with E-state index >= 15 is 0 Å². The van der Waals surface area contributed by atoms with Crippen LogP contribution in [0.5, 0.6) is 0 Å². The SMILES string of the molecule is C=C/C(=C1/CCN(CCCC)C1=O)N(Cc1ccccc1)c1ccccc1. The van der Waals surface area contributed by atoms with Crippen molar-refractivity contribution in [3.63, 3.8) is 0 Å². The van der Waals surface area contributed by atoms with E-state index in [1.807, 2.05) is 47.4 Å². The molecule has 2 aromatic rings. The van der Waals surface area contributed by atoms with Gasteiger partial charge in [-0.05, 0) is 36.6 Å². The van der Waals surface area contributed by atoms with Crippen LogP contribution in [0.3, 0.4) is 0 Å². The van der Waals surface area contributed by atoms with Crippen molar-refractivity contribution in [3.8, 4) is 0 Å². The first-order valence-corrected chi connectivity index (χ1v) is 9.76. The number of allylic oxidation sites excluding steroid dienone is 1. The van der Waals surface area contributed by atoms with E-state index < -0.39 is 0 Å². The third kappa shape index (κ3) is 4.48. The Bertz CT molecular complexity index is 796. The summed E-state index contributed by atoms with van der Waals surface area (Å²) in [6.07, 6.45) is 4.77. The lowest BCUT2D eigenvalue weighted by Crippen LogP contribution is -2.28. The zero-order valence-corrected chi connectivity index (χ0v) is 16.1. The molecule has 0 bridgehead atoms. The fourth-order valence-corrected chi connectivity index (χ4v) is 3.53. The molecule has 2 aromatic carbocycles. The van der Waals surface area contributed by atoms with Gasteiger partial charge in [0.2, 0.25) is 0 Å². The molecule has 0 aliphatic carbocycles. The number of nitrogens with zero attached hydrogens (tertiary/aromatic N) is 2. The van der Waals surface area contributed by atoms with Gasteiger partial charge in [0.15, 0.2) is 0 Å². The van der Waals surface area contributed by atoms with Crippen LogP contribution in [0.1, 0.15) is 31.7 Å². The summed E-state index contributed by atoms with van der Waals surface area (Å²) >= 11 is 0. The minimum atomic E-state index is 0.160. The highest BCUT2D eigenvalue weighted by molar-refractivity contribution is 5.97. The minimum Gasteiger partial charge on any atom is -0.339 e. The third-order valence-corrected chi connectivity index (χ3v) is 5.00. The molecule has 1 aliphatic rings. The van der Waals surface area contributed by atoms with Crippen molar-refractivity contribution >= 4 is 11.6 Å². The molecule has 1 saturated heterocycles. The molecule has 3 nitrogen and oxygen atoms in total. The number of rotatable bonds is 8. The number of carbonyl (C=O) groups excluding carboxylic acids is 1. The van der Waals surface area contributed by atoms with Crippen LogP contribution in [0.15, 0.2) is 84.6 Å². The second-order valence-corrected chi connectivity index (χ2v) is 6.87. The van der Waals surface area contributed by atoms with E-state index in [0.29, 0.717) is 6.54 Å². The molecule has 0 aromatic heterocycles. The summed E-state index contributed by atoms with van der Waals surface area (Å²) in [5.74, 6) is 0.160. The molecular formula is C24H28N2O. The van der Waals surface area contributed by atoms with Gasteiger partial charge in [-0.1, -0.05) is 68.5 Å². The normalized spacial score (nSPS) is 15.7. The highest BCUT2D eigenvalue weighted by Gasteiger charge is 2.29. The Morgan fingerprint density at radius 2 is 1.78 bits per heavy atom. The Kier molecular flexibility index (Phi) is 6.48. The summed E-state index contributed by atoms with van der Waals surface area (Å²) in [5, 5.41) is 0. The van der Waals surface area contributed by atoms with Gasteiger partial charge in [0, 0.05) is 36.6 Å². The van der Waals surface area contributed by atoms with Gasteiger partial charge < -0.3 is 9.80 Å². The molecule has 1 heterocycles. The lowest BCUT2D eigenvalue weighted by molar-refractivity contribution is -0.124. The summed E-state index contributed by atoms with van der Waals surface area (Å²) < 4.78 is 0. The van der Waals surface area contributed by atoms with Gasteiger partial charge in [0.25, 0.3) is 5.91 Å².